The van der Waals surface area contributed by atoms with E-state index >= 15 is 0 Å². The molecular formula is C23H47NO2. The van der Waals surface area contributed by atoms with E-state index < -0.39 is 0 Å². The number of hydrogen-bond acceptors (Lipinski definition) is 3. The van der Waals surface area contributed by atoms with Crippen LogP contribution in [0.3, 0.4) is 0 Å². The Bertz CT molecular complexity index is 292. The van der Waals surface area contributed by atoms with Gasteiger partial charge in [-0.25, -0.2) is 0 Å². The van der Waals surface area contributed by atoms with Gasteiger partial charge in [-0.15, -0.1) is 0 Å². The largest absolute Gasteiger partial charge is 0.464 e. The summed E-state index contributed by atoms with van der Waals surface area (Å²) in [7, 11) is 3.98. The van der Waals surface area contributed by atoms with E-state index in [1.807, 2.05) is 19.0 Å². The van der Waals surface area contributed by atoms with Gasteiger partial charge in [-0.05, 0) is 20.5 Å². The molecule has 0 aromatic heterocycles. The van der Waals surface area contributed by atoms with Gasteiger partial charge >= 0.3 is 5.97 Å². The second kappa shape index (κ2) is 20.7. The van der Waals surface area contributed by atoms with Crippen molar-refractivity contribution in [1.82, 2.24) is 4.90 Å². The molecule has 0 saturated heterocycles. The molecule has 0 N–H and O–H groups in total. The van der Waals surface area contributed by atoms with Gasteiger partial charge in [0, 0.05) is 13.0 Å². The van der Waals surface area contributed by atoms with Gasteiger partial charge in [0.05, 0.1) is 0 Å². The van der Waals surface area contributed by atoms with Crippen molar-refractivity contribution in [3.8, 4) is 0 Å². The lowest BCUT2D eigenvalue weighted by molar-refractivity contribution is -0.144. The van der Waals surface area contributed by atoms with Crippen LogP contribution < -0.4 is 0 Å². The van der Waals surface area contributed by atoms with E-state index in [9.17, 15) is 4.79 Å². The molecule has 3 nitrogen and oxygen atoms in total. The Kier molecular flexibility index (Phi) is 20.3. The van der Waals surface area contributed by atoms with Crippen LogP contribution in [0.1, 0.15) is 116 Å². The molecule has 0 aromatic rings. The summed E-state index contributed by atoms with van der Waals surface area (Å²) in [6, 6.07) is 0. The quantitative estimate of drug-likeness (QED) is 0.176. The average molecular weight is 370 g/mol. The minimum Gasteiger partial charge on any atom is -0.464 e. The zero-order valence-electron chi connectivity index (χ0n) is 18.2. The first-order valence-corrected chi connectivity index (χ1v) is 11.5. The van der Waals surface area contributed by atoms with Crippen molar-refractivity contribution in [3.05, 3.63) is 0 Å². The summed E-state index contributed by atoms with van der Waals surface area (Å²) in [4.78, 5) is 13.6. The van der Waals surface area contributed by atoms with Crippen LogP contribution in [0.25, 0.3) is 0 Å². The predicted octanol–water partition coefficient (Wildman–Crippen LogP) is 6.74. The van der Waals surface area contributed by atoms with Gasteiger partial charge in [0.2, 0.25) is 0 Å². The van der Waals surface area contributed by atoms with Gasteiger partial charge in [0.25, 0.3) is 0 Å². The first-order valence-electron chi connectivity index (χ1n) is 11.5. The van der Waals surface area contributed by atoms with Crippen molar-refractivity contribution in [2.75, 3.05) is 27.2 Å². The monoisotopic (exact) mass is 369 g/mol. The van der Waals surface area contributed by atoms with Gasteiger partial charge in [-0.1, -0.05) is 103 Å². The molecule has 0 fully saturated rings. The minimum atomic E-state index is -0.0304. The summed E-state index contributed by atoms with van der Waals surface area (Å²) >= 11 is 0. The maximum Gasteiger partial charge on any atom is 0.305 e. The molecular weight excluding hydrogens is 322 g/mol. The zero-order valence-corrected chi connectivity index (χ0v) is 18.2. The lowest BCUT2D eigenvalue weighted by atomic mass is 10.0. The minimum absolute atomic E-state index is 0.0304. The normalized spacial score (nSPS) is 11.2. The van der Waals surface area contributed by atoms with E-state index in [1.54, 1.807) is 0 Å². The number of ether oxygens (including phenoxy) is 1. The molecule has 0 heterocycles. The molecule has 0 aliphatic heterocycles. The van der Waals surface area contributed by atoms with E-state index in [0.717, 1.165) is 13.0 Å². The Morgan fingerprint density at radius 1 is 0.654 bits per heavy atom. The van der Waals surface area contributed by atoms with Crippen molar-refractivity contribution >= 4 is 5.97 Å². The highest BCUT2D eigenvalue weighted by molar-refractivity contribution is 5.69. The molecule has 0 rings (SSSR count). The van der Waals surface area contributed by atoms with E-state index in [0.29, 0.717) is 13.0 Å². The van der Waals surface area contributed by atoms with Crippen LogP contribution in [0.4, 0.5) is 0 Å². The second-order valence-corrected chi connectivity index (χ2v) is 8.08. The summed E-state index contributed by atoms with van der Waals surface area (Å²) in [6.07, 6.45) is 22.3. The third-order valence-corrected chi connectivity index (χ3v) is 5.04. The van der Waals surface area contributed by atoms with Crippen molar-refractivity contribution in [2.45, 2.75) is 116 Å². The van der Waals surface area contributed by atoms with Gasteiger partial charge < -0.3 is 9.64 Å². The summed E-state index contributed by atoms with van der Waals surface area (Å²) in [6.45, 7) is 3.61. The Morgan fingerprint density at radius 3 is 1.42 bits per heavy atom. The molecule has 0 unspecified atom stereocenters. The number of nitrogens with zero attached hydrogens (tertiary/aromatic N) is 1. The fourth-order valence-electron chi connectivity index (χ4n) is 3.23. The maximum absolute atomic E-state index is 11.5. The molecule has 0 radical (unpaired) electrons. The first-order chi connectivity index (χ1) is 12.7. The molecule has 3 heteroatoms. The standard InChI is InChI=1S/C23H47NO2/c1-4-5-6-7-8-9-10-11-12-13-14-15-16-17-18-19-20-23(25)26-22-21-24(2)3/h4-22H2,1-3H3. The Labute approximate surface area is 164 Å². The van der Waals surface area contributed by atoms with Crippen molar-refractivity contribution in [2.24, 2.45) is 0 Å². The van der Waals surface area contributed by atoms with Crippen LogP contribution in [0.15, 0.2) is 0 Å². The molecule has 0 aliphatic rings. The number of likely N-dealkylation sites (N-methyl/N-ethyl adjacent to an activating group) is 1. The number of carbonyl (C=O) groups excluding carboxylic acids is 1. The van der Waals surface area contributed by atoms with Crippen LogP contribution in [-0.2, 0) is 9.53 Å². The number of carbonyl (C=O) groups is 1. The van der Waals surface area contributed by atoms with Gasteiger partial charge in [-0.3, -0.25) is 4.79 Å². The number of esters is 1. The topological polar surface area (TPSA) is 29.5 Å². The highest BCUT2D eigenvalue weighted by Crippen LogP contribution is 2.14. The molecule has 0 amide bonds. The Morgan fingerprint density at radius 2 is 1.04 bits per heavy atom. The Hall–Kier alpha value is -0.570. The maximum atomic E-state index is 11.5. The lowest BCUT2D eigenvalue weighted by Gasteiger charge is -2.09. The number of unbranched alkanes of at least 4 members (excludes halogenated alkanes) is 15. The fraction of sp³-hybridized carbons (Fsp3) is 0.957. The van der Waals surface area contributed by atoms with Crippen LogP contribution in [0.2, 0.25) is 0 Å². The molecule has 0 atom stereocenters. The third-order valence-electron chi connectivity index (χ3n) is 5.04. The number of rotatable bonds is 20. The number of hydrogen-bond donors (Lipinski definition) is 0. The van der Waals surface area contributed by atoms with E-state index in [-0.39, 0.29) is 5.97 Å². The average Bonchev–Trinajstić information content (AvgIpc) is 2.61. The zero-order chi connectivity index (χ0) is 19.3. The van der Waals surface area contributed by atoms with Crippen molar-refractivity contribution in [1.29, 1.82) is 0 Å². The molecule has 0 saturated carbocycles. The van der Waals surface area contributed by atoms with Gasteiger partial charge in [0.15, 0.2) is 0 Å². The molecule has 0 aromatic carbocycles. The molecule has 0 bridgehead atoms. The van der Waals surface area contributed by atoms with Gasteiger partial charge in [-0.2, -0.15) is 0 Å². The first kappa shape index (κ1) is 25.4. The predicted molar refractivity (Wildman–Crippen MR) is 114 cm³/mol. The van der Waals surface area contributed by atoms with Crippen LogP contribution in [0.5, 0.6) is 0 Å². The SMILES string of the molecule is CCCCCCCCCCCCCCCCCCC(=O)OCCN(C)C. The van der Waals surface area contributed by atoms with E-state index in [1.165, 1.54) is 96.3 Å². The van der Waals surface area contributed by atoms with Crippen LogP contribution in [0, 0.1) is 0 Å². The molecule has 156 valence electrons. The lowest BCUT2D eigenvalue weighted by Crippen LogP contribution is -2.20. The highest BCUT2D eigenvalue weighted by Gasteiger charge is 2.02. The summed E-state index contributed by atoms with van der Waals surface area (Å²) in [5.41, 5.74) is 0. The van der Waals surface area contributed by atoms with Gasteiger partial charge in [0.1, 0.15) is 6.61 Å². The summed E-state index contributed by atoms with van der Waals surface area (Å²) in [5.74, 6) is -0.0304. The Balaban J connectivity index is 3.10. The smallest absolute Gasteiger partial charge is 0.305 e. The fourth-order valence-corrected chi connectivity index (χ4v) is 3.23. The van der Waals surface area contributed by atoms with Crippen LogP contribution in [-0.4, -0.2) is 38.1 Å². The van der Waals surface area contributed by atoms with Crippen molar-refractivity contribution in [3.63, 3.8) is 0 Å². The molecule has 0 spiro atoms. The van der Waals surface area contributed by atoms with Crippen LogP contribution >= 0.6 is 0 Å². The van der Waals surface area contributed by atoms with Crippen molar-refractivity contribution < 1.29 is 9.53 Å². The third kappa shape index (κ3) is 21.5. The molecule has 26 heavy (non-hydrogen) atoms. The molecule has 0 aliphatic carbocycles. The van der Waals surface area contributed by atoms with E-state index in [2.05, 4.69) is 6.92 Å². The highest BCUT2D eigenvalue weighted by atomic mass is 16.5. The summed E-state index contributed by atoms with van der Waals surface area (Å²) in [5, 5.41) is 0. The summed E-state index contributed by atoms with van der Waals surface area (Å²) < 4.78 is 5.20. The second-order valence-electron chi connectivity index (χ2n) is 8.08. The van der Waals surface area contributed by atoms with E-state index in [4.69, 9.17) is 4.74 Å².